The lowest BCUT2D eigenvalue weighted by molar-refractivity contribution is -0.00685. The van der Waals surface area contributed by atoms with Gasteiger partial charge in [0, 0.05) is 44.8 Å². The van der Waals surface area contributed by atoms with Crippen LogP contribution in [0.1, 0.15) is 38.3 Å². The molecule has 3 rings (SSSR count). The van der Waals surface area contributed by atoms with E-state index in [1.54, 1.807) is 0 Å². The van der Waals surface area contributed by atoms with Crippen molar-refractivity contribution in [1.82, 2.24) is 20.4 Å². The summed E-state index contributed by atoms with van der Waals surface area (Å²) in [7, 11) is 0. The summed E-state index contributed by atoms with van der Waals surface area (Å²) in [5.74, 6) is 2.78. The average molecular weight is 549 g/mol. The van der Waals surface area contributed by atoms with Gasteiger partial charge < -0.3 is 24.5 Å². The fraction of sp³-hybridized carbons (Fsp3) is 0.773. The van der Waals surface area contributed by atoms with Crippen molar-refractivity contribution in [1.29, 1.82) is 0 Å². The largest absolute Gasteiger partial charge is 0.465 e. The average Bonchev–Trinajstić information content (AvgIpc) is 3.19. The summed E-state index contributed by atoms with van der Waals surface area (Å²) in [6.07, 6.45) is 0. The monoisotopic (exact) mass is 549 g/mol. The maximum atomic E-state index is 5.98. The van der Waals surface area contributed by atoms with E-state index in [-0.39, 0.29) is 35.6 Å². The maximum Gasteiger partial charge on any atom is 0.191 e. The standard InChI is InChI=1S/C22H39N5O3.HI/c1-5-23-21(25-17-22(3,4)27-10-14-29-15-11-27)24-16-19(20-7-6-18(2)30-20)26-8-12-28-13-9-26;/h6-7,19H,5,8-17H2,1-4H3,(H2,23,24,25);1H. The van der Waals surface area contributed by atoms with E-state index in [9.17, 15) is 0 Å². The molecule has 1 atom stereocenters. The second-order valence-corrected chi connectivity index (χ2v) is 8.60. The molecular weight excluding hydrogens is 509 g/mol. The van der Waals surface area contributed by atoms with Crippen molar-refractivity contribution in [2.45, 2.75) is 39.3 Å². The van der Waals surface area contributed by atoms with Gasteiger partial charge in [-0.25, -0.2) is 0 Å². The van der Waals surface area contributed by atoms with Gasteiger partial charge in [0.05, 0.1) is 39.0 Å². The molecule has 2 aliphatic heterocycles. The molecule has 0 aliphatic carbocycles. The molecule has 178 valence electrons. The second kappa shape index (κ2) is 13.0. The Morgan fingerprint density at radius 3 is 2.29 bits per heavy atom. The molecule has 0 radical (unpaired) electrons. The third-order valence-electron chi connectivity index (χ3n) is 5.87. The number of hydrogen-bond acceptors (Lipinski definition) is 6. The molecule has 0 saturated carbocycles. The van der Waals surface area contributed by atoms with Crippen LogP contribution in [0, 0.1) is 6.92 Å². The van der Waals surface area contributed by atoms with Crippen molar-refractivity contribution in [3.05, 3.63) is 23.7 Å². The first-order valence-electron chi connectivity index (χ1n) is 11.2. The molecule has 2 aliphatic rings. The van der Waals surface area contributed by atoms with E-state index in [0.717, 1.165) is 89.7 Å². The molecule has 2 N–H and O–H groups in total. The Labute approximate surface area is 204 Å². The highest BCUT2D eigenvalue weighted by Gasteiger charge is 2.29. The van der Waals surface area contributed by atoms with E-state index in [1.807, 2.05) is 13.0 Å². The van der Waals surface area contributed by atoms with Gasteiger partial charge >= 0.3 is 0 Å². The number of aryl methyl sites for hydroxylation is 1. The third-order valence-corrected chi connectivity index (χ3v) is 5.87. The first-order valence-corrected chi connectivity index (χ1v) is 11.2. The number of hydrogen-bond donors (Lipinski definition) is 2. The van der Waals surface area contributed by atoms with Gasteiger partial charge in [-0.15, -0.1) is 24.0 Å². The Hall–Kier alpha value is -0.880. The summed E-state index contributed by atoms with van der Waals surface area (Å²) in [5.41, 5.74) is -0.00609. The molecule has 1 unspecified atom stereocenters. The van der Waals surface area contributed by atoms with Gasteiger partial charge in [0.1, 0.15) is 11.5 Å². The van der Waals surface area contributed by atoms with Gasteiger partial charge in [0.15, 0.2) is 5.96 Å². The Morgan fingerprint density at radius 1 is 1.06 bits per heavy atom. The van der Waals surface area contributed by atoms with Gasteiger partial charge in [0.25, 0.3) is 0 Å². The molecule has 3 heterocycles. The summed E-state index contributed by atoms with van der Waals surface area (Å²) in [4.78, 5) is 9.81. The lowest BCUT2D eigenvalue weighted by atomic mass is 10.0. The van der Waals surface area contributed by atoms with Gasteiger partial charge in [0.2, 0.25) is 0 Å². The Bertz CT molecular complexity index is 670. The summed E-state index contributed by atoms with van der Waals surface area (Å²) < 4.78 is 17.0. The zero-order valence-corrected chi connectivity index (χ0v) is 21.8. The summed E-state index contributed by atoms with van der Waals surface area (Å²) in [6.45, 7) is 17.8. The minimum Gasteiger partial charge on any atom is -0.465 e. The summed E-state index contributed by atoms with van der Waals surface area (Å²) in [6, 6.07) is 4.27. The molecule has 0 amide bonds. The van der Waals surface area contributed by atoms with Crippen LogP contribution in [0.25, 0.3) is 0 Å². The predicted octanol–water partition coefficient (Wildman–Crippen LogP) is 2.25. The molecule has 9 heteroatoms. The number of rotatable bonds is 8. The minimum atomic E-state index is -0.00609. The summed E-state index contributed by atoms with van der Waals surface area (Å²) in [5, 5.41) is 6.95. The Morgan fingerprint density at radius 2 is 1.71 bits per heavy atom. The predicted molar refractivity (Wildman–Crippen MR) is 134 cm³/mol. The van der Waals surface area contributed by atoms with Gasteiger partial charge in [-0.2, -0.15) is 0 Å². The normalized spacial score (nSPS) is 20.2. The van der Waals surface area contributed by atoms with Crippen LogP contribution in [-0.2, 0) is 9.47 Å². The first kappa shape index (κ1) is 26.4. The fourth-order valence-electron chi connectivity index (χ4n) is 4.01. The number of morpholine rings is 2. The van der Waals surface area contributed by atoms with E-state index >= 15 is 0 Å². The number of guanidine groups is 1. The number of nitrogens with one attached hydrogen (secondary N) is 2. The number of nitrogens with zero attached hydrogens (tertiary/aromatic N) is 3. The highest BCUT2D eigenvalue weighted by molar-refractivity contribution is 14.0. The maximum absolute atomic E-state index is 5.98. The summed E-state index contributed by atoms with van der Waals surface area (Å²) >= 11 is 0. The van der Waals surface area contributed by atoms with E-state index < -0.39 is 0 Å². The number of furan rings is 1. The molecule has 2 saturated heterocycles. The molecule has 1 aromatic heterocycles. The molecular formula is C22H40IN5O3. The lowest BCUT2D eigenvalue weighted by Gasteiger charge is -2.40. The zero-order valence-electron chi connectivity index (χ0n) is 19.5. The number of ether oxygens (including phenoxy) is 2. The van der Waals surface area contributed by atoms with Crippen LogP contribution in [0.15, 0.2) is 21.5 Å². The van der Waals surface area contributed by atoms with Crippen molar-refractivity contribution in [3.8, 4) is 0 Å². The van der Waals surface area contributed by atoms with Crippen LogP contribution in [-0.4, -0.2) is 93.5 Å². The van der Waals surface area contributed by atoms with Gasteiger partial charge in [-0.05, 0) is 39.8 Å². The van der Waals surface area contributed by atoms with Crippen LogP contribution >= 0.6 is 24.0 Å². The van der Waals surface area contributed by atoms with Crippen molar-refractivity contribution in [2.24, 2.45) is 4.99 Å². The van der Waals surface area contributed by atoms with Crippen LogP contribution in [0.3, 0.4) is 0 Å². The molecule has 0 spiro atoms. The zero-order chi connectivity index (χ0) is 21.4. The third kappa shape index (κ3) is 7.88. The topological polar surface area (TPSA) is 74.5 Å². The van der Waals surface area contributed by atoms with Crippen molar-refractivity contribution >= 4 is 29.9 Å². The van der Waals surface area contributed by atoms with Crippen LogP contribution in [0.4, 0.5) is 0 Å². The molecule has 2 fully saturated rings. The minimum absolute atomic E-state index is 0. The lowest BCUT2D eigenvalue weighted by Crippen LogP contribution is -2.52. The second-order valence-electron chi connectivity index (χ2n) is 8.60. The Kier molecular flexibility index (Phi) is 11.0. The molecule has 0 bridgehead atoms. The molecule has 31 heavy (non-hydrogen) atoms. The van der Waals surface area contributed by atoms with E-state index in [1.165, 1.54) is 0 Å². The van der Waals surface area contributed by atoms with Crippen LogP contribution in [0.5, 0.6) is 0 Å². The van der Waals surface area contributed by atoms with E-state index in [2.05, 4.69) is 47.3 Å². The number of aliphatic imine (C=N–C) groups is 1. The number of halogens is 1. The Balaban J connectivity index is 0.00000341. The molecule has 0 aromatic carbocycles. The fourth-order valence-corrected chi connectivity index (χ4v) is 4.01. The SMILES string of the molecule is CCNC(=NCC(C)(C)N1CCOCC1)NCC(c1ccc(C)o1)N1CCOCC1.I. The van der Waals surface area contributed by atoms with Gasteiger partial charge in [-0.3, -0.25) is 14.8 Å². The van der Waals surface area contributed by atoms with E-state index in [4.69, 9.17) is 18.9 Å². The van der Waals surface area contributed by atoms with Crippen molar-refractivity contribution < 1.29 is 13.9 Å². The van der Waals surface area contributed by atoms with E-state index in [0.29, 0.717) is 0 Å². The molecule has 8 nitrogen and oxygen atoms in total. The quantitative estimate of drug-likeness (QED) is 0.293. The highest BCUT2D eigenvalue weighted by Crippen LogP contribution is 2.23. The van der Waals surface area contributed by atoms with Gasteiger partial charge in [-0.1, -0.05) is 0 Å². The van der Waals surface area contributed by atoms with Crippen molar-refractivity contribution in [3.63, 3.8) is 0 Å². The first-order chi connectivity index (χ1) is 14.5. The smallest absolute Gasteiger partial charge is 0.191 e. The highest BCUT2D eigenvalue weighted by atomic mass is 127. The van der Waals surface area contributed by atoms with Crippen LogP contribution < -0.4 is 10.6 Å². The molecule has 1 aromatic rings. The van der Waals surface area contributed by atoms with Crippen LogP contribution in [0.2, 0.25) is 0 Å². The van der Waals surface area contributed by atoms with Crippen molar-refractivity contribution in [2.75, 3.05) is 72.2 Å².